The molecule has 0 N–H and O–H groups in total. The van der Waals surface area contributed by atoms with Crippen LogP contribution in [0.15, 0.2) is 24.3 Å². The van der Waals surface area contributed by atoms with Crippen molar-refractivity contribution in [1.82, 2.24) is 4.90 Å². The number of methoxy groups -OCH3 is 1. The van der Waals surface area contributed by atoms with Gasteiger partial charge in [-0.05, 0) is 25.0 Å². The first-order chi connectivity index (χ1) is 11.2. The van der Waals surface area contributed by atoms with Crippen molar-refractivity contribution < 1.29 is 22.7 Å². The Bertz CT molecular complexity index is 734. The standard InChI is InChI=1S/C16H20ClNO5S/c1-11(16(20)23-2)18(13-7-8-24(21,22)10-13)15(19)9-12-5-3-4-6-14(12)17/h3-6,11,13H,7-10H2,1-2H3. The Morgan fingerprint density at radius 1 is 1.38 bits per heavy atom. The van der Waals surface area contributed by atoms with Crippen LogP contribution in [0.3, 0.4) is 0 Å². The number of esters is 1. The molecule has 6 nitrogen and oxygen atoms in total. The Kier molecular flexibility index (Phi) is 5.87. The van der Waals surface area contributed by atoms with Crippen molar-refractivity contribution in [3.05, 3.63) is 34.9 Å². The molecule has 132 valence electrons. The van der Waals surface area contributed by atoms with Crippen molar-refractivity contribution in [2.24, 2.45) is 0 Å². The SMILES string of the molecule is COC(=O)C(C)N(C(=O)Cc1ccccc1Cl)C1CCS(=O)(=O)C1. The number of amides is 1. The van der Waals surface area contributed by atoms with Crippen molar-refractivity contribution >= 4 is 33.3 Å². The zero-order chi connectivity index (χ0) is 17.9. The van der Waals surface area contributed by atoms with Gasteiger partial charge in [0.25, 0.3) is 0 Å². The van der Waals surface area contributed by atoms with Gasteiger partial charge in [-0.1, -0.05) is 29.8 Å². The Morgan fingerprint density at radius 3 is 2.58 bits per heavy atom. The highest BCUT2D eigenvalue weighted by atomic mass is 35.5. The molecular formula is C16H20ClNO5S. The van der Waals surface area contributed by atoms with E-state index in [1.807, 2.05) is 0 Å². The zero-order valence-corrected chi connectivity index (χ0v) is 15.1. The molecule has 1 saturated heterocycles. The third kappa shape index (κ3) is 4.27. The van der Waals surface area contributed by atoms with Crippen LogP contribution in [-0.4, -0.2) is 55.9 Å². The van der Waals surface area contributed by atoms with Gasteiger partial charge in [0.1, 0.15) is 6.04 Å². The molecule has 24 heavy (non-hydrogen) atoms. The molecule has 0 aromatic heterocycles. The van der Waals surface area contributed by atoms with Gasteiger partial charge in [-0.15, -0.1) is 0 Å². The lowest BCUT2D eigenvalue weighted by molar-refractivity contribution is -0.153. The highest BCUT2D eigenvalue weighted by molar-refractivity contribution is 7.91. The maximum Gasteiger partial charge on any atom is 0.328 e. The van der Waals surface area contributed by atoms with Crippen LogP contribution in [0.1, 0.15) is 18.9 Å². The summed E-state index contributed by atoms with van der Waals surface area (Å²) in [5.41, 5.74) is 0.632. The quantitative estimate of drug-likeness (QED) is 0.730. The van der Waals surface area contributed by atoms with Gasteiger partial charge in [0.15, 0.2) is 9.84 Å². The van der Waals surface area contributed by atoms with Crippen LogP contribution < -0.4 is 0 Å². The van der Waals surface area contributed by atoms with Crippen molar-refractivity contribution in [3.8, 4) is 0 Å². The number of carbonyl (C=O) groups excluding carboxylic acids is 2. The van der Waals surface area contributed by atoms with E-state index in [1.165, 1.54) is 12.0 Å². The molecule has 2 rings (SSSR count). The first-order valence-electron chi connectivity index (χ1n) is 7.58. The molecule has 2 unspecified atom stereocenters. The van der Waals surface area contributed by atoms with E-state index >= 15 is 0 Å². The molecule has 0 bridgehead atoms. The second-order valence-electron chi connectivity index (χ2n) is 5.83. The number of carbonyl (C=O) groups is 2. The Hall–Kier alpha value is -1.60. The van der Waals surface area contributed by atoms with Crippen LogP contribution in [0.2, 0.25) is 5.02 Å². The minimum Gasteiger partial charge on any atom is -0.467 e. The normalized spacial score (nSPS) is 20.4. The van der Waals surface area contributed by atoms with Gasteiger partial charge in [0.05, 0.1) is 25.0 Å². The van der Waals surface area contributed by atoms with E-state index in [9.17, 15) is 18.0 Å². The number of halogens is 1. The molecule has 2 atom stereocenters. The second kappa shape index (κ2) is 7.53. The predicted molar refractivity (Wildman–Crippen MR) is 90.5 cm³/mol. The number of nitrogens with zero attached hydrogens (tertiary/aromatic N) is 1. The molecule has 8 heteroatoms. The molecule has 1 aromatic rings. The Balaban J connectivity index is 2.26. The number of benzene rings is 1. The molecule has 1 heterocycles. The molecule has 1 aliphatic rings. The second-order valence-corrected chi connectivity index (χ2v) is 8.46. The lowest BCUT2D eigenvalue weighted by Gasteiger charge is -2.32. The topological polar surface area (TPSA) is 80.8 Å². The van der Waals surface area contributed by atoms with Gasteiger partial charge in [-0.3, -0.25) is 4.79 Å². The van der Waals surface area contributed by atoms with Gasteiger partial charge in [-0.25, -0.2) is 13.2 Å². The Morgan fingerprint density at radius 2 is 2.04 bits per heavy atom. The fraction of sp³-hybridized carbons (Fsp3) is 0.500. The summed E-state index contributed by atoms with van der Waals surface area (Å²) in [4.78, 5) is 26.0. The third-order valence-corrected chi connectivity index (χ3v) is 6.27. The predicted octanol–water partition coefficient (Wildman–Crippen LogP) is 1.46. The van der Waals surface area contributed by atoms with Crippen LogP contribution in [-0.2, 0) is 30.6 Å². The third-order valence-electron chi connectivity index (χ3n) is 4.15. The minimum absolute atomic E-state index is 0.00243. The molecule has 0 aliphatic carbocycles. The first kappa shape index (κ1) is 18.7. The summed E-state index contributed by atoms with van der Waals surface area (Å²) < 4.78 is 28.3. The van der Waals surface area contributed by atoms with E-state index in [0.29, 0.717) is 17.0 Å². The van der Waals surface area contributed by atoms with Gasteiger partial charge in [-0.2, -0.15) is 0 Å². The van der Waals surface area contributed by atoms with E-state index in [2.05, 4.69) is 0 Å². The lowest BCUT2D eigenvalue weighted by Crippen LogP contribution is -2.50. The highest BCUT2D eigenvalue weighted by Crippen LogP contribution is 2.23. The summed E-state index contributed by atoms with van der Waals surface area (Å²) in [6.45, 7) is 1.54. The molecule has 1 fully saturated rings. The summed E-state index contributed by atoms with van der Waals surface area (Å²) in [6, 6.07) is 5.55. The average Bonchev–Trinajstić information content (AvgIpc) is 2.88. The van der Waals surface area contributed by atoms with Crippen LogP contribution in [0.4, 0.5) is 0 Å². The van der Waals surface area contributed by atoms with Crippen molar-refractivity contribution in [2.45, 2.75) is 31.8 Å². The van der Waals surface area contributed by atoms with Crippen molar-refractivity contribution in [2.75, 3.05) is 18.6 Å². The smallest absolute Gasteiger partial charge is 0.328 e. The molecule has 1 aliphatic heterocycles. The maximum absolute atomic E-state index is 12.8. The van der Waals surface area contributed by atoms with E-state index < -0.39 is 27.9 Å². The number of hydrogen-bond donors (Lipinski definition) is 0. The Labute approximate surface area is 146 Å². The van der Waals surface area contributed by atoms with Crippen molar-refractivity contribution in [1.29, 1.82) is 0 Å². The van der Waals surface area contributed by atoms with Crippen LogP contribution in [0.25, 0.3) is 0 Å². The summed E-state index contributed by atoms with van der Waals surface area (Å²) in [6.07, 6.45) is 0.315. The molecule has 0 saturated carbocycles. The molecule has 1 aromatic carbocycles. The summed E-state index contributed by atoms with van der Waals surface area (Å²) >= 11 is 6.09. The van der Waals surface area contributed by atoms with Crippen LogP contribution in [0, 0.1) is 0 Å². The van der Waals surface area contributed by atoms with Gasteiger partial charge in [0.2, 0.25) is 5.91 Å². The van der Waals surface area contributed by atoms with E-state index in [4.69, 9.17) is 16.3 Å². The highest BCUT2D eigenvalue weighted by Gasteiger charge is 2.39. The monoisotopic (exact) mass is 373 g/mol. The van der Waals surface area contributed by atoms with Crippen LogP contribution >= 0.6 is 11.6 Å². The fourth-order valence-electron chi connectivity index (χ4n) is 2.91. The van der Waals surface area contributed by atoms with Gasteiger partial charge < -0.3 is 9.64 Å². The largest absolute Gasteiger partial charge is 0.467 e. The maximum atomic E-state index is 12.8. The van der Waals surface area contributed by atoms with E-state index in [1.54, 1.807) is 31.2 Å². The van der Waals surface area contributed by atoms with Gasteiger partial charge in [0, 0.05) is 11.1 Å². The molecular weight excluding hydrogens is 354 g/mol. The first-order valence-corrected chi connectivity index (χ1v) is 9.78. The van der Waals surface area contributed by atoms with Crippen LogP contribution in [0.5, 0.6) is 0 Å². The molecule has 0 radical (unpaired) electrons. The van der Waals surface area contributed by atoms with Crippen molar-refractivity contribution in [3.63, 3.8) is 0 Å². The molecule has 0 spiro atoms. The zero-order valence-electron chi connectivity index (χ0n) is 13.6. The number of sulfone groups is 1. The number of rotatable bonds is 5. The lowest BCUT2D eigenvalue weighted by atomic mass is 10.1. The number of hydrogen-bond acceptors (Lipinski definition) is 5. The summed E-state index contributed by atoms with van der Waals surface area (Å²) in [7, 11) is -1.96. The minimum atomic E-state index is -3.19. The molecule has 1 amide bonds. The van der Waals surface area contributed by atoms with E-state index in [-0.39, 0.29) is 23.8 Å². The summed E-state index contributed by atoms with van der Waals surface area (Å²) in [5, 5.41) is 0.454. The average molecular weight is 374 g/mol. The van der Waals surface area contributed by atoms with Gasteiger partial charge >= 0.3 is 5.97 Å². The number of ether oxygens (including phenoxy) is 1. The van der Waals surface area contributed by atoms with E-state index in [0.717, 1.165) is 0 Å². The fourth-order valence-corrected chi connectivity index (χ4v) is 4.82. The summed E-state index contributed by atoms with van der Waals surface area (Å²) in [5.74, 6) is -1.04.